The number of halogens is 2. The number of aryl methyl sites for hydroxylation is 1. The van der Waals surface area contributed by atoms with Gasteiger partial charge in [0.2, 0.25) is 27.8 Å². The first-order valence-electron chi connectivity index (χ1n) is 19.0. The van der Waals surface area contributed by atoms with E-state index < -0.39 is 51.3 Å². The van der Waals surface area contributed by atoms with Gasteiger partial charge in [0.1, 0.15) is 23.1 Å². The van der Waals surface area contributed by atoms with Crippen molar-refractivity contribution in [3.05, 3.63) is 89.4 Å². The number of hydrogen-bond donors (Lipinski definition) is 4. The minimum Gasteiger partial charge on any atom is -0.382 e. The average Bonchev–Trinajstić information content (AvgIpc) is 3.69. The van der Waals surface area contributed by atoms with Crippen LogP contribution < -0.4 is 20.7 Å². The number of aromatic nitrogens is 4. The van der Waals surface area contributed by atoms with Crippen LogP contribution in [-0.2, 0) is 29.1 Å². The van der Waals surface area contributed by atoms with Gasteiger partial charge in [-0.3, -0.25) is 29.4 Å². The largest absolute Gasteiger partial charge is 0.382 e. The van der Waals surface area contributed by atoms with E-state index in [9.17, 15) is 32.0 Å². The Labute approximate surface area is 342 Å². The third kappa shape index (κ3) is 8.71. The highest BCUT2D eigenvalue weighted by Gasteiger charge is 2.45. The number of hydrogen-bond acceptors (Lipinski definition) is 13. The Morgan fingerprint density at radius 3 is 2.37 bits per heavy atom. The van der Waals surface area contributed by atoms with Crippen LogP contribution in [0.25, 0.3) is 22.3 Å². The molecule has 4 N–H and O–H groups in total. The maximum atomic E-state index is 15.1. The number of sulfonamides is 1. The lowest BCUT2D eigenvalue weighted by Crippen LogP contribution is -2.54. The minimum atomic E-state index is -3.89. The molecule has 0 aliphatic carbocycles. The zero-order chi connectivity index (χ0) is 42.7. The Morgan fingerprint density at radius 1 is 0.917 bits per heavy atom. The molecule has 2 aliphatic rings. The van der Waals surface area contributed by atoms with E-state index >= 15 is 4.39 Å². The fraction of sp³-hybridized carbons (Fsp3) is 0.325. The van der Waals surface area contributed by atoms with Gasteiger partial charge in [0.25, 0.3) is 11.8 Å². The highest BCUT2D eigenvalue weighted by atomic mass is 32.2. The van der Waals surface area contributed by atoms with Crippen LogP contribution in [0.4, 0.5) is 26.1 Å². The molecule has 0 radical (unpaired) electrons. The van der Waals surface area contributed by atoms with Crippen molar-refractivity contribution in [2.24, 2.45) is 0 Å². The highest BCUT2D eigenvalue weighted by Crippen LogP contribution is 2.33. The van der Waals surface area contributed by atoms with Crippen molar-refractivity contribution in [1.29, 1.82) is 0 Å². The van der Waals surface area contributed by atoms with Gasteiger partial charge < -0.3 is 24.7 Å². The lowest BCUT2D eigenvalue weighted by Gasteiger charge is -2.27. The smallest absolute Gasteiger partial charge is 0.264 e. The molecule has 4 amide bonds. The monoisotopic (exact) mass is 845 g/mol. The molecule has 1 saturated heterocycles. The molecule has 0 saturated carbocycles. The second kappa shape index (κ2) is 17.6. The summed E-state index contributed by atoms with van der Waals surface area (Å²) in [7, 11) is -3.89. The summed E-state index contributed by atoms with van der Waals surface area (Å²) in [6, 6.07) is 12.3. The number of carbonyl (C=O) groups is 4. The summed E-state index contributed by atoms with van der Waals surface area (Å²) in [5, 5.41) is 8.19. The predicted octanol–water partition coefficient (Wildman–Crippen LogP) is 4.23. The number of amides is 4. The van der Waals surface area contributed by atoms with E-state index in [2.05, 4.69) is 35.6 Å². The molecule has 0 spiro atoms. The first-order valence-corrected chi connectivity index (χ1v) is 20.5. The first-order chi connectivity index (χ1) is 28.7. The second-order valence-corrected chi connectivity index (χ2v) is 16.0. The SMILES string of the molecule is Cc1nc2c(F)cc(-c3nc(Nc4ccc(S(=O)(=O)NCCOCCOCCNc5cccc6c5C(=O)N(C5CCC(=O)NC5=O)C6=O)cc4)ncc3F)cc2n1C(C)C. The van der Waals surface area contributed by atoms with Crippen LogP contribution in [0.1, 0.15) is 59.3 Å². The number of imide groups is 2. The van der Waals surface area contributed by atoms with E-state index in [1.807, 2.05) is 18.4 Å². The average molecular weight is 846 g/mol. The molecule has 314 valence electrons. The number of piperidine rings is 1. The zero-order valence-electron chi connectivity index (χ0n) is 32.8. The minimum absolute atomic E-state index is 0.00997. The van der Waals surface area contributed by atoms with Gasteiger partial charge in [0, 0.05) is 42.5 Å². The van der Waals surface area contributed by atoms with Crippen molar-refractivity contribution in [3.8, 4) is 11.3 Å². The van der Waals surface area contributed by atoms with Crippen molar-refractivity contribution in [3.63, 3.8) is 0 Å². The topological polar surface area (TPSA) is 216 Å². The molecule has 4 heterocycles. The van der Waals surface area contributed by atoms with Crippen LogP contribution in [0.15, 0.2) is 65.7 Å². The maximum Gasteiger partial charge on any atom is 0.264 e. The summed E-state index contributed by atoms with van der Waals surface area (Å²) >= 11 is 0. The number of nitrogens with zero attached hydrogens (tertiary/aromatic N) is 5. The third-order valence-electron chi connectivity index (χ3n) is 9.82. The normalized spacial score (nSPS) is 15.6. The molecule has 5 aromatic rings. The third-order valence-corrected chi connectivity index (χ3v) is 11.3. The second-order valence-electron chi connectivity index (χ2n) is 14.2. The number of carbonyl (C=O) groups excluding carboxylic acids is 4. The molecular formula is C40H41F2N9O8S. The summed E-state index contributed by atoms with van der Waals surface area (Å²) in [4.78, 5) is 63.6. The van der Waals surface area contributed by atoms with Gasteiger partial charge in [-0.1, -0.05) is 6.07 Å². The van der Waals surface area contributed by atoms with Gasteiger partial charge in [0.15, 0.2) is 11.6 Å². The molecule has 17 nitrogen and oxygen atoms in total. The molecule has 2 aliphatic heterocycles. The van der Waals surface area contributed by atoms with E-state index in [1.165, 1.54) is 36.4 Å². The number of nitrogens with one attached hydrogen (secondary N) is 4. The van der Waals surface area contributed by atoms with Crippen LogP contribution in [-0.4, -0.2) is 102 Å². The fourth-order valence-corrected chi connectivity index (χ4v) is 8.12. The van der Waals surface area contributed by atoms with Crippen molar-refractivity contribution in [2.45, 2.75) is 50.6 Å². The van der Waals surface area contributed by atoms with Gasteiger partial charge >= 0.3 is 0 Å². The van der Waals surface area contributed by atoms with E-state index in [1.54, 1.807) is 25.1 Å². The summed E-state index contributed by atoms with van der Waals surface area (Å²) in [6.45, 7) is 6.59. The van der Waals surface area contributed by atoms with Gasteiger partial charge in [0.05, 0.1) is 54.2 Å². The van der Waals surface area contributed by atoms with Gasteiger partial charge in [-0.05, 0) is 75.7 Å². The van der Waals surface area contributed by atoms with Gasteiger partial charge in [-0.15, -0.1) is 0 Å². The van der Waals surface area contributed by atoms with Crippen LogP contribution >= 0.6 is 0 Å². The molecule has 3 aromatic carbocycles. The Kier molecular flexibility index (Phi) is 12.3. The van der Waals surface area contributed by atoms with E-state index in [0.29, 0.717) is 22.7 Å². The maximum absolute atomic E-state index is 15.1. The van der Waals surface area contributed by atoms with Crippen LogP contribution in [0.2, 0.25) is 0 Å². The summed E-state index contributed by atoms with van der Waals surface area (Å²) in [6.07, 6.45) is 1.06. The van der Waals surface area contributed by atoms with Gasteiger partial charge in [-0.25, -0.2) is 36.9 Å². The van der Waals surface area contributed by atoms with Crippen molar-refractivity contribution in [2.75, 3.05) is 50.2 Å². The molecule has 1 atom stereocenters. The quantitative estimate of drug-likeness (QED) is 0.0763. The number of benzene rings is 3. The van der Waals surface area contributed by atoms with Crippen molar-refractivity contribution >= 4 is 62.0 Å². The molecule has 0 bridgehead atoms. The van der Waals surface area contributed by atoms with Crippen molar-refractivity contribution in [1.82, 2.24) is 34.5 Å². The lowest BCUT2D eigenvalue weighted by atomic mass is 10.0. The van der Waals surface area contributed by atoms with Crippen LogP contribution in [0.5, 0.6) is 0 Å². The van der Waals surface area contributed by atoms with E-state index in [4.69, 9.17) is 9.47 Å². The Balaban J connectivity index is 0.835. The summed E-state index contributed by atoms with van der Waals surface area (Å²) in [5.41, 5.74) is 1.92. The number of ether oxygens (including phenoxy) is 2. The predicted molar refractivity (Wildman–Crippen MR) is 214 cm³/mol. The molecular weight excluding hydrogens is 805 g/mol. The van der Waals surface area contributed by atoms with E-state index in [0.717, 1.165) is 11.1 Å². The van der Waals surface area contributed by atoms with Crippen molar-refractivity contribution < 1.29 is 45.9 Å². The molecule has 1 unspecified atom stereocenters. The zero-order valence-corrected chi connectivity index (χ0v) is 33.6. The molecule has 7 rings (SSSR count). The summed E-state index contributed by atoms with van der Waals surface area (Å²) in [5.74, 6) is -3.07. The lowest BCUT2D eigenvalue weighted by molar-refractivity contribution is -0.136. The van der Waals surface area contributed by atoms with Crippen LogP contribution in [0, 0.1) is 18.6 Å². The Morgan fingerprint density at radius 2 is 1.65 bits per heavy atom. The first kappa shape index (κ1) is 41.9. The number of fused-ring (bicyclic) bond motifs is 2. The number of rotatable bonds is 17. The number of anilines is 3. The molecule has 60 heavy (non-hydrogen) atoms. The fourth-order valence-electron chi connectivity index (χ4n) is 7.11. The summed E-state index contributed by atoms with van der Waals surface area (Å²) < 4.78 is 71.2. The highest BCUT2D eigenvalue weighted by molar-refractivity contribution is 7.89. The van der Waals surface area contributed by atoms with Crippen LogP contribution in [0.3, 0.4) is 0 Å². The Bertz CT molecular complexity index is 2600. The van der Waals surface area contributed by atoms with E-state index in [-0.39, 0.29) is 97.1 Å². The standard InChI is InChI=1S/C40H41F2N9O8S/c1-22(2)50-23(3)46-36-28(41)19-24(20-32(36)50)35-29(42)21-44-40(49-35)47-25-7-9-26(10-8-25)60(56,57)45-14-16-59-18-17-58-15-13-43-30-6-4-5-27-34(30)39(55)51(38(27)54)31-11-12-33(52)48-37(31)53/h4-10,19-22,31,43,45H,11-18H2,1-3H3,(H,44,47,49)(H,48,52,53). The Hall–Kier alpha value is -6.22. The molecule has 1 fully saturated rings. The molecule has 20 heteroatoms. The van der Waals surface area contributed by atoms with Gasteiger partial charge in [-0.2, -0.15) is 0 Å². The number of imidazole rings is 1. The molecule has 2 aromatic heterocycles.